The summed E-state index contributed by atoms with van der Waals surface area (Å²) in [7, 11) is 0. The Morgan fingerprint density at radius 2 is 1.74 bits per heavy atom. The first-order valence-corrected chi connectivity index (χ1v) is 6.95. The van der Waals surface area contributed by atoms with Crippen LogP contribution in [0.25, 0.3) is 0 Å². The second kappa shape index (κ2) is 6.60. The minimum Gasteiger partial charge on any atom is -0.303 e. The molecule has 1 rings (SSSR count). The molecule has 0 saturated carbocycles. The van der Waals surface area contributed by atoms with Gasteiger partial charge in [0.15, 0.2) is 0 Å². The van der Waals surface area contributed by atoms with Crippen LogP contribution in [-0.4, -0.2) is 30.7 Å². The van der Waals surface area contributed by atoms with Gasteiger partial charge in [-0.15, -0.1) is 0 Å². The van der Waals surface area contributed by atoms with Gasteiger partial charge in [0.2, 0.25) is 0 Å². The first kappa shape index (κ1) is 16.3. The van der Waals surface area contributed by atoms with E-state index >= 15 is 0 Å². The van der Waals surface area contributed by atoms with Crippen molar-refractivity contribution < 1.29 is 13.2 Å². The molecule has 0 aliphatic carbocycles. The van der Waals surface area contributed by atoms with Crippen LogP contribution < -0.4 is 0 Å². The maximum atomic E-state index is 12.5. The van der Waals surface area contributed by atoms with E-state index in [1.807, 2.05) is 13.8 Å². The molecule has 0 amide bonds. The fraction of sp³-hybridized carbons (Fsp3) is 0.929. The van der Waals surface area contributed by atoms with Crippen LogP contribution in [0.4, 0.5) is 13.2 Å². The van der Waals surface area contributed by atoms with Crippen LogP contribution in [0.1, 0.15) is 46.0 Å². The van der Waals surface area contributed by atoms with Gasteiger partial charge in [0.1, 0.15) is 0 Å². The van der Waals surface area contributed by atoms with Crippen molar-refractivity contribution >= 4 is 0 Å². The zero-order valence-electron chi connectivity index (χ0n) is 11.8. The Morgan fingerprint density at radius 3 is 2.21 bits per heavy atom. The van der Waals surface area contributed by atoms with Crippen molar-refractivity contribution in [2.24, 2.45) is 11.3 Å². The van der Waals surface area contributed by atoms with Gasteiger partial charge in [-0.25, -0.2) is 0 Å². The van der Waals surface area contributed by atoms with Crippen LogP contribution in [0.15, 0.2) is 0 Å². The lowest BCUT2D eigenvalue weighted by Crippen LogP contribution is -2.39. The largest absolute Gasteiger partial charge is 0.391 e. The molecule has 0 spiro atoms. The third-order valence-corrected chi connectivity index (χ3v) is 3.88. The van der Waals surface area contributed by atoms with Crippen LogP contribution >= 0.6 is 0 Å². The molecular formula is C14H23F3N2. The van der Waals surface area contributed by atoms with E-state index in [0.717, 1.165) is 25.8 Å². The Kier molecular flexibility index (Phi) is 5.66. The third kappa shape index (κ3) is 5.82. The van der Waals surface area contributed by atoms with Gasteiger partial charge in [-0.05, 0) is 59.2 Å². The van der Waals surface area contributed by atoms with Gasteiger partial charge in [-0.2, -0.15) is 18.4 Å². The molecule has 0 unspecified atom stereocenters. The third-order valence-electron chi connectivity index (χ3n) is 3.88. The Balaban J connectivity index is 2.16. The van der Waals surface area contributed by atoms with Crippen molar-refractivity contribution in [2.75, 3.05) is 19.6 Å². The molecule has 110 valence electrons. The highest BCUT2D eigenvalue weighted by atomic mass is 19.4. The molecule has 1 aliphatic heterocycles. The van der Waals surface area contributed by atoms with E-state index in [0.29, 0.717) is 13.1 Å². The molecule has 0 radical (unpaired) electrons. The number of hydrogen-bond donors (Lipinski definition) is 0. The summed E-state index contributed by atoms with van der Waals surface area (Å²) in [6.45, 7) is 5.79. The highest BCUT2D eigenvalue weighted by Gasteiger charge is 2.40. The average Bonchev–Trinajstić information content (AvgIpc) is 2.34. The van der Waals surface area contributed by atoms with Crippen LogP contribution in [0.3, 0.4) is 0 Å². The molecule has 1 fully saturated rings. The predicted molar refractivity (Wildman–Crippen MR) is 68.5 cm³/mol. The zero-order chi connectivity index (χ0) is 14.5. The number of hydrogen-bond acceptors (Lipinski definition) is 2. The lowest BCUT2D eigenvalue weighted by atomic mass is 9.89. The molecule has 0 bridgehead atoms. The Morgan fingerprint density at radius 1 is 1.16 bits per heavy atom. The predicted octanol–water partition coefficient (Wildman–Crippen LogP) is 3.98. The van der Waals surface area contributed by atoms with Gasteiger partial charge in [0.05, 0.1) is 17.4 Å². The summed E-state index contributed by atoms with van der Waals surface area (Å²) >= 11 is 0. The number of nitriles is 1. The van der Waals surface area contributed by atoms with E-state index in [-0.39, 0.29) is 18.3 Å². The minimum absolute atomic E-state index is 0.229. The zero-order valence-corrected chi connectivity index (χ0v) is 11.8. The first-order valence-electron chi connectivity index (χ1n) is 6.95. The van der Waals surface area contributed by atoms with E-state index in [9.17, 15) is 13.2 Å². The molecule has 19 heavy (non-hydrogen) atoms. The molecule has 5 heteroatoms. The van der Waals surface area contributed by atoms with Gasteiger partial charge in [-0.1, -0.05) is 6.42 Å². The molecule has 0 N–H and O–H groups in total. The van der Waals surface area contributed by atoms with Crippen molar-refractivity contribution in [3.05, 3.63) is 0 Å². The van der Waals surface area contributed by atoms with Crippen molar-refractivity contribution in [1.82, 2.24) is 4.90 Å². The van der Waals surface area contributed by atoms with Gasteiger partial charge < -0.3 is 4.90 Å². The smallest absolute Gasteiger partial charge is 0.303 e. The summed E-state index contributed by atoms with van der Waals surface area (Å²) in [6, 6.07) is 2.26. The van der Waals surface area contributed by atoms with E-state index < -0.39 is 12.1 Å². The van der Waals surface area contributed by atoms with Gasteiger partial charge in [-0.3, -0.25) is 0 Å². The second-order valence-electron chi connectivity index (χ2n) is 6.11. The quantitative estimate of drug-likeness (QED) is 0.710. The topological polar surface area (TPSA) is 27.0 Å². The summed E-state index contributed by atoms with van der Waals surface area (Å²) in [4.78, 5) is 2.11. The number of alkyl halides is 3. The Hall–Kier alpha value is -0.760. The lowest BCUT2D eigenvalue weighted by Gasteiger charge is -2.32. The molecule has 0 aromatic carbocycles. The van der Waals surface area contributed by atoms with E-state index in [1.54, 1.807) is 0 Å². The van der Waals surface area contributed by atoms with E-state index in [4.69, 9.17) is 5.26 Å². The number of piperidine rings is 1. The van der Waals surface area contributed by atoms with Crippen LogP contribution in [0.2, 0.25) is 0 Å². The van der Waals surface area contributed by atoms with Crippen LogP contribution in [0.5, 0.6) is 0 Å². The van der Waals surface area contributed by atoms with Crippen LogP contribution in [0, 0.1) is 22.7 Å². The molecule has 2 nitrogen and oxygen atoms in total. The summed E-state index contributed by atoms with van der Waals surface area (Å²) < 4.78 is 37.5. The number of nitrogens with zero attached hydrogens (tertiary/aromatic N) is 2. The molecule has 1 heterocycles. The monoisotopic (exact) mass is 276 g/mol. The summed E-state index contributed by atoms with van der Waals surface area (Å²) in [5, 5.41) is 8.88. The summed E-state index contributed by atoms with van der Waals surface area (Å²) in [6.07, 6.45) is -0.798. The fourth-order valence-corrected chi connectivity index (χ4v) is 2.44. The number of unbranched alkanes of at least 4 members (excludes halogenated alkanes) is 1. The molecule has 0 aromatic rings. The lowest BCUT2D eigenvalue weighted by molar-refractivity contribution is -0.185. The molecule has 0 atom stereocenters. The van der Waals surface area contributed by atoms with Crippen molar-refractivity contribution in [3.63, 3.8) is 0 Å². The second-order valence-corrected chi connectivity index (χ2v) is 6.11. The van der Waals surface area contributed by atoms with Gasteiger partial charge >= 0.3 is 6.18 Å². The Bertz CT molecular complexity index is 310. The fourth-order valence-electron chi connectivity index (χ4n) is 2.44. The number of likely N-dealkylation sites (tertiary alicyclic amines) is 1. The average molecular weight is 276 g/mol. The maximum absolute atomic E-state index is 12.5. The molecule has 1 saturated heterocycles. The minimum atomic E-state index is -4.02. The van der Waals surface area contributed by atoms with E-state index in [1.165, 1.54) is 0 Å². The number of rotatable bonds is 5. The molecular weight excluding hydrogens is 253 g/mol. The highest BCUT2D eigenvalue weighted by Crippen LogP contribution is 2.34. The number of halogens is 3. The van der Waals surface area contributed by atoms with E-state index in [2.05, 4.69) is 11.0 Å². The summed E-state index contributed by atoms with van der Waals surface area (Å²) in [5.74, 6) is -1.11. The normalized spacial score (nSPS) is 19.4. The highest BCUT2D eigenvalue weighted by molar-refractivity contribution is 4.91. The standard InChI is InChI=1S/C14H23F3N2/c1-13(2,11-18)7-3-4-8-19-9-5-12(6-10-19)14(15,16)17/h12H,3-10H2,1-2H3. The van der Waals surface area contributed by atoms with Gasteiger partial charge in [0.25, 0.3) is 0 Å². The van der Waals surface area contributed by atoms with Crippen LogP contribution in [-0.2, 0) is 0 Å². The maximum Gasteiger partial charge on any atom is 0.391 e. The first-order chi connectivity index (χ1) is 8.74. The van der Waals surface area contributed by atoms with Gasteiger partial charge in [0, 0.05) is 0 Å². The van der Waals surface area contributed by atoms with Crippen molar-refractivity contribution in [2.45, 2.75) is 52.1 Å². The van der Waals surface area contributed by atoms with Crippen molar-refractivity contribution in [1.29, 1.82) is 5.26 Å². The molecule has 0 aromatic heterocycles. The van der Waals surface area contributed by atoms with Crippen molar-refractivity contribution in [3.8, 4) is 6.07 Å². The summed E-state index contributed by atoms with van der Waals surface area (Å²) in [5.41, 5.74) is -0.288. The SMILES string of the molecule is CC(C)(C#N)CCCCN1CCC(C(F)(F)F)CC1. The molecule has 1 aliphatic rings. The Labute approximate surface area is 113 Å².